The Morgan fingerprint density at radius 1 is 0.600 bits per heavy atom. The van der Waals surface area contributed by atoms with Crippen LogP contribution in [0.2, 0.25) is 0 Å². The standard InChI is InChI=1S/C19H16S/c1-3-8-14(9-4-1)18-16-12-7-13-17(16)19(20-18)15-10-5-2-6-11-15/h1-6,8-11H,7,12-13H2. The molecule has 0 saturated carbocycles. The maximum atomic E-state index is 2.24. The van der Waals surface area contributed by atoms with Gasteiger partial charge in [-0.2, -0.15) is 0 Å². The Balaban J connectivity index is 1.91. The van der Waals surface area contributed by atoms with Crippen molar-refractivity contribution in [2.45, 2.75) is 19.3 Å². The third kappa shape index (κ3) is 1.90. The maximum Gasteiger partial charge on any atom is 0.0384 e. The quantitative estimate of drug-likeness (QED) is 0.574. The number of hydrogen-bond acceptors (Lipinski definition) is 1. The summed E-state index contributed by atoms with van der Waals surface area (Å²) in [6, 6.07) is 21.7. The van der Waals surface area contributed by atoms with E-state index in [9.17, 15) is 0 Å². The third-order valence-electron chi connectivity index (χ3n) is 4.04. The lowest BCUT2D eigenvalue weighted by molar-refractivity contribution is 0.912. The van der Waals surface area contributed by atoms with Crippen LogP contribution in [0.3, 0.4) is 0 Å². The average Bonchev–Trinajstić information content (AvgIpc) is 3.11. The molecular weight excluding hydrogens is 260 g/mol. The van der Waals surface area contributed by atoms with Gasteiger partial charge in [0.25, 0.3) is 0 Å². The van der Waals surface area contributed by atoms with E-state index in [0.717, 1.165) is 0 Å². The fourth-order valence-corrected chi connectivity index (χ4v) is 4.52. The van der Waals surface area contributed by atoms with Crippen LogP contribution in [0.15, 0.2) is 60.7 Å². The molecule has 4 rings (SSSR count). The van der Waals surface area contributed by atoms with E-state index in [4.69, 9.17) is 0 Å². The summed E-state index contributed by atoms with van der Waals surface area (Å²) in [5.74, 6) is 0. The Morgan fingerprint density at radius 2 is 1.05 bits per heavy atom. The first-order chi connectivity index (χ1) is 9.93. The molecule has 98 valence electrons. The molecular formula is C19H16S. The van der Waals surface area contributed by atoms with Crippen LogP contribution in [-0.2, 0) is 12.8 Å². The van der Waals surface area contributed by atoms with Crippen LogP contribution >= 0.6 is 11.3 Å². The molecule has 3 aromatic rings. The summed E-state index contributed by atoms with van der Waals surface area (Å²) < 4.78 is 0. The average molecular weight is 276 g/mol. The molecule has 0 fully saturated rings. The van der Waals surface area contributed by atoms with Crippen LogP contribution in [0.25, 0.3) is 20.9 Å². The predicted octanol–water partition coefficient (Wildman–Crippen LogP) is 5.57. The summed E-state index contributed by atoms with van der Waals surface area (Å²) in [6.45, 7) is 0. The summed E-state index contributed by atoms with van der Waals surface area (Å²) >= 11 is 1.97. The maximum absolute atomic E-state index is 2.24. The molecule has 0 nitrogen and oxygen atoms in total. The highest BCUT2D eigenvalue weighted by Gasteiger charge is 2.23. The van der Waals surface area contributed by atoms with Gasteiger partial charge >= 0.3 is 0 Å². The summed E-state index contributed by atoms with van der Waals surface area (Å²) in [5, 5.41) is 0. The molecule has 1 heterocycles. The normalized spacial score (nSPS) is 13.4. The van der Waals surface area contributed by atoms with Crippen molar-refractivity contribution in [3.05, 3.63) is 71.8 Å². The lowest BCUT2D eigenvalue weighted by atomic mass is 10.0. The summed E-state index contributed by atoms with van der Waals surface area (Å²) in [6.07, 6.45) is 3.78. The highest BCUT2D eigenvalue weighted by atomic mass is 32.1. The van der Waals surface area contributed by atoms with Crippen molar-refractivity contribution in [3.8, 4) is 20.9 Å². The molecule has 0 N–H and O–H groups in total. The monoisotopic (exact) mass is 276 g/mol. The zero-order valence-electron chi connectivity index (χ0n) is 11.3. The van der Waals surface area contributed by atoms with Crippen molar-refractivity contribution in [1.82, 2.24) is 0 Å². The first-order valence-electron chi connectivity index (χ1n) is 7.19. The molecule has 1 heteroatoms. The molecule has 1 aromatic heterocycles. The molecule has 0 amide bonds. The van der Waals surface area contributed by atoms with Crippen LogP contribution in [0, 0.1) is 0 Å². The van der Waals surface area contributed by atoms with E-state index in [-0.39, 0.29) is 0 Å². The van der Waals surface area contributed by atoms with Crippen LogP contribution in [-0.4, -0.2) is 0 Å². The van der Waals surface area contributed by atoms with Crippen molar-refractivity contribution in [2.24, 2.45) is 0 Å². The first-order valence-corrected chi connectivity index (χ1v) is 8.00. The van der Waals surface area contributed by atoms with E-state index >= 15 is 0 Å². The van der Waals surface area contributed by atoms with E-state index in [1.165, 1.54) is 40.1 Å². The number of fused-ring (bicyclic) bond motifs is 1. The van der Waals surface area contributed by atoms with Crippen LogP contribution < -0.4 is 0 Å². The minimum absolute atomic E-state index is 1.24. The molecule has 0 saturated heterocycles. The predicted molar refractivity (Wildman–Crippen MR) is 87.2 cm³/mol. The second kappa shape index (κ2) is 4.92. The molecule has 0 spiro atoms. The Hall–Kier alpha value is -1.86. The van der Waals surface area contributed by atoms with Gasteiger partial charge in [-0.05, 0) is 41.5 Å². The van der Waals surface area contributed by atoms with Gasteiger partial charge in [0.05, 0.1) is 0 Å². The van der Waals surface area contributed by atoms with Crippen LogP contribution in [0.5, 0.6) is 0 Å². The van der Waals surface area contributed by atoms with Gasteiger partial charge in [0.15, 0.2) is 0 Å². The van der Waals surface area contributed by atoms with Crippen LogP contribution in [0.4, 0.5) is 0 Å². The van der Waals surface area contributed by atoms with Gasteiger partial charge in [-0.25, -0.2) is 0 Å². The molecule has 2 aromatic carbocycles. The van der Waals surface area contributed by atoms with Gasteiger partial charge in [-0.3, -0.25) is 0 Å². The summed E-state index contributed by atoms with van der Waals surface area (Å²) in [5.41, 5.74) is 5.94. The second-order valence-electron chi connectivity index (χ2n) is 5.30. The molecule has 0 unspecified atom stereocenters. The lowest BCUT2D eigenvalue weighted by Gasteiger charge is -2.00. The molecule has 0 bridgehead atoms. The van der Waals surface area contributed by atoms with Crippen molar-refractivity contribution >= 4 is 11.3 Å². The van der Waals surface area contributed by atoms with E-state index in [1.54, 1.807) is 11.1 Å². The van der Waals surface area contributed by atoms with Gasteiger partial charge in [0.2, 0.25) is 0 Å². The molecule has 0 atom stereocenters. The minimum atomic E-state index is 1.24. The van der Waals surface area contributed by atoms with Gasteiger partial charge in [0, 0.05) is 9.75 Å². The zero-order chi connectivity index (χ0) is 13.4. The minimum Gasteiger partial charge on any atom is -0.135 e. The molecule has 0 radical (unpaired) electrons. The number of benzene rings is 2. The Bertz CT molecular complexity index is 661. The fourth-order valence-electron chi connectivity index (χ4n) is 3.12. The van der Waals surface area contributed by atoms with E-state index in [0.29, 0.717) is 0 Å². The van der Waals surface area contributed by atoms with E-state index < -0.39 is 0 Å². The van der Waals surface area contributed by atoms with Crippen molar-refractivity contribution in [2.75, 3.05) is 0 Å². The molecule has 1 aliphatic carbocycles. The topological polar surface area (TPSA) is 0 Å². The molecule has 20 heavy (non-hydrogen) atoms. The van der Waals surface area contributed by atoms with Gasteiger partial charge < -0.3 is 0 Å². The van der Waals surface area contributed by atoms with Crippen molar-refractivity contribution in [3.63, 3.8) is 0 Å². The molecule has 1 aliphatic rings. The SMILES string of the molecule is c1ccc(-c2sc(-c3ccccc3)c3c2CCC3)cc1. The highest BCUT2D eigenvalue weighted by Crippen LogP contribution is 2.45. The van der Waals surface area contributed by atoms with Gasteiger partial charge in [0.1, 0.15) is 0 Å². The van der Waals surface area contributed by atoms with Crippen molar-refractivity contribution < 1.29 is 0 Å². The first kappa shape index (κ1) is 11.9. The van der Waals surface area contributed by atoms with Gasteiger partial charge in [-0.1, -0.05) is 60.7 Å². The Morgan fingerprint density at radius 3 is 1.50 bits per heavy atom. The second-order valence-corrected chi connectivity index (χ2v) is 6.32. The zero-order valence-corrected chi connectivity index (χ0v) is 12.1. The fraction of sp³-hybridized carbons (Fsp3) is 0.158. The van der Waals surface area contributed by atoms with Crippen molar-refractivity contribution in [1.29, 1.82) is 0 Å². The van der Waals surface area contributed by atoms with E-state index in [2.05, 4.69) is 60.7 Å². The largest absolute Gasteiger partial charge is 0.135 e. The lowest BCUT2D eigenvalue weighted by Crippen LogP contribution is -1.80. The smallest absolute Gasteiger partial charge is 0.0384 e. The summed E-state index contributed by atoms with van der Waals surface area (Å²) in [4.78, 5) is 2.97. The van der Waals surface area contributed by atoms with Gasteiger partial charge in [-0.15, -0.1) is 11.3 Å². The Labute approximate surface area is 123 Å². The van der Waals surface area contributed by atoms with E-state index in [1.807, 2.05) is 11.3 Å². The summed E-state index contributed by atoms with van der Waals surface area (Å²) in [7, 11) is 0. The highest BCUT2D eigenvalue weighted by molar-refractivity contribution is 7.19. The number of thiophene rings is 1. The Kier molecular flexibility index (Phi) is 2.93. The number of rotatable bonds is 2. The van der Waals surface area contributed by atoms with Crippen LogP contribution in [0.1, 0.15) is 17.5 Å². The molecule has 0 aliphatic heterocycles. The third-order valence-corrected chi connectivity index (χ3v) is 5.41. The number of hydrogen-bond donors (Lipinski definition) is 0.